The Bertz CT molecular complexity index is 1390. The number of rotatable bonds is 15. The van der Waals surface area contributed by atoms with Gasteiger partial charge < -0.3 is 10.2 Å². The number of halogens is 2. The van der Waals surface area contributed by atoms with Crippen LogP contribution in [0.3, 0.4) is 0 Å². The molecule has 0 spiro atoms. The highest BCUT2D eigenvalue weighted by Crippen LogP contribution is 2.25. The van der Waals surface area contributed by atoms with Gasteiger partial charge in [0.25, 0.3) is 0 Å². The highest BCUT2D eigenvalue weighted by atomic mass is 35.5. The lowest BCUT2D eigenvalue weighted by atomic mass is 10.0. The largest absolute Gasteiger partial charge is 0.354 e. The van der Waals surface area contributed by atoms with Gasteiger partial charge in [0.2, 0.25) is 21.8 Å². The van der Waals surface area contributed by atoms with Crippen LogP contribution in [-0.2, 0) is 32.6 Å². The van der Waals surface area contributed by atoms with E-state index in [-0.39, 0.29) is 37.7 Å². The van der Waals surface area contributed by atoms with Crippen molar-refractivity contribution in [3.05, 3.63) is 100 Å². The number of anilines is 1. The lowest BCUT2D eigenvalue weighted by Crippen LogP contribution is -2.50. The summed E-state index contributed by atoms with van der Waals surface area (Å²) in [5.41, 5.74) is 2.18. The van der Waals surface area contributed by atoms with Gasteiger partial charge in [0.1, 0.15) is 6.04 Å². The third-order valence-electron chi connectivity index (χ3n) is 6.63. The molecule has 0 aliphatic heterocycles. The fraction of sp³-hybridized carbons (Fsp3) is 0.355. The van der Waals surface area contributed by atoms with Crippen LogP contribution in [0.25, 0.3) is 0 Å². The van der Waals surface area contributed by atoms with E-state index in [1.54, 1.807) is 47.4 Å². The van der Waals surface area contributed by atoms with Crippen molar-refractivity contribution in [2.75, 3.05) is 23.7 Å². The Hall–Kier alpha value is -3.07. The third kappa shape index (κ3) is 10.1. The van der Waals surface area contributed by atoms with Crippen LogP contribution in [0.1, 0.15) is 43.7 Å². The minimum Gasteiger partial charge on any atom is -0.354 e. The zero-order valence-electron chi connectivity index (χ0n) is 23.4. The number of nitrogens with zero attached hydrogens (tertiary/aromatic N) is 2. The molecule has 0 saturated carbocycles. The van der Waals surface area contributed by atoms with E-state index < -0.39 is 16.1 Å². The van der Waals surface area contributed by atoms with E-state index in [9.17, 15) is 18.0 Å². The Balaban J connectivity index is 1.88. The first-order valence-corrected chi connectivity index (χ1v) is 16.3. The molecule has 0 saturated heterocycles. The number of benzene rings is 3. The Kier molecular flexibility index (Phi) is 12.5. The number of carbonyl (C=O) groups excluding carboxylic acids is 2. The van der Waals surface area contributed by atoms with Crippen LogP contribution in [0.15, 0.2) is 78.9 Å². The van der Waals surface area contributed by atoms with E-state index in [1.807, 2.05) is 43.3 Å². The van der Waals surface area contributed by atoms with Crippen molar-refractivity contribution in [3.8, 4) is 0 Å². The van der Waals surface area contributed by atoms with Crippen LogP contribution in [0.5, 0.6) is 0 Å². The van der Waals surface area contributed by atoms with Crippen LogP contribution < -0.4 is 9.62 Å². The van der Waals surface area contributed by atoms with Gasteiger partial charge in [-0.1, -0.05) is 91.1 Å². The van der Waals surface area contributed by atoms with E-state index in [2.05, 4.69) is 5.32 Å². The summed E-state index contributed by atoms with van der Waals surface area (Å²) in [5, 5.41) is 3.75. The summed E-state index contributed by atoms with van der Waals surface area (Å²) in [6, 6.07) is 22.7. The molecular formula is C31H37Cl2N3O4S. The minimum absolute atomic E-state index is 0.0493. The first-order chi connectivity index (χ1) is 19.6. The van der Waals surface area contributed by atoms with Crippen molar-refractivity contribution >= 4 is 50.7 Å². The van der Waals surface area contributed by atoms with Crippen molar-refractivity contribution in [1.29, 1.82) is 0 Å². The van der Waals surface area contributed by atoms with Gasteiger partial charge in [0, 0.05) is 32.5 Å². The Morgan fingerprint density at radius 1 is 0.878 bits per heavy atom. The summed E-state index contributed by atoms with van der Waals surface area (Å²) in [6.45, 7) is 2.82. The van der Waals surface area contributed by atoms with Gasteiger partial charge in [-0.25, -0.2) is 8.42 Å². The van der Waals surface area contributed by atoms with Crippen molar-refractivity contribution in [2.45, 2.75) is 51.6 Å². The topological polar surface area (TPSA) is 86.8 Å². The monoisotopic (exact) mass is 617 g/mol. The molecule has 7 nitrogen and oxygen atoms in total. The molecule has 220 valence electrons. The van der Waals surface area contributed by atoms with Gasteiger partial charge in [-0.3, -0.25) is 13.9 Å². The number of hydrogen-bond donors (Lipinski definition) is 1. The molecule has 0 radical (unpaired) electrons. The van der Waals surface area contributed by atoms with Crippen LogP contribution >= 0.6 is 23.2 Å². The number of nitrogens with one attached hydrogen (secondary N) is 1. The Labute approximate surface area is 253 Å². The van der Waals surface area contributed by atoms with E-state index in [1.165, 1.54) is 4.31 Å². The number of carbonyl (C=O) groups is 2. The molecule has 1 atom stereocenters. The summed E-state index contributed by atoms with van der Waals surface area (Å²) in [4.78, 5) is 29.0. The lowest BCUT2D eigenvalue weighted by Gasteiger charge is -2.32. The summed E-state index contributed by atoms with van der Waals surface area (Å²) in [6.07, 6.45) is 3.54. The van der Waals surface area contributed by atoms with Crippen molar-refractivity contribution in [3.63, 3.8) is 0 Å². The second-order valence-electron chi connectivity index (χ2n) is 9.89. The fourth-order valence-corrected chi connectivity index (χ4v) is 5.78. The SMILES string of the molecule is CCCCNC(=O)[C@H](Cc1ccccc1)N(Cc1ccc(Cl)c(Cl)c1)C(=O)CCCN(c1ccccc1)S(C)(=O)=O. The predicted molar refractivity (Wildman–Crippen MR) is 167 cm³/mol. The standard InChI is InChI=1S/C31H37Cl2N3O4S/c1-3-4-19-34-31(38)29(22-24-12-7-5-8-13-24)35(23-25-17-18-27(32)28(33)21-25)30(37)16-11-20-36(41(2,39)40)26-14-9-6-10-15-26/h5-10,12-15,17-18,21,29H,3-4,11,16,19-20,22-23H2,1-2H3,(H,34,38)/t29-/m0/s1. The number of amides is 2. The molecule has 0 heterocycles. The number of para-hydroxylation sites is 1. The average molecular weight is 619 g/mol. The number of unbranched alkanes of at least 4 members (excludes halogenated alkanes) is 1. The first kappa shape index (κ1) is 32.4. The van der Waals surface area contributed by atoms with Gasteiger partial charge in [-0.15, -0.1) is 0 Å². The normalized spacial score (nSPS) is 12.0. The number of sulfonamides is 1. The molecule has 41 heavy (non-hydrogen) atoms. The van der Waals surface area contributed by atoms with Gasteiger partial charge >= 0.3 is 0 Å². The molecule has 2 amide bonds. The molecule has 0 aliphatic carbocycles. The molecule has 3 rings (SSSR count). The maximum absolute atomic E-state index is 13.9. The molecule has 1 N–H and O–H groups in total. The van der Waals surface area contributed by atoms with E-state index in [4.69, 9.17) is 23.2 Å². The zero-order chi connectivity index (χ0) is 29.8. The zero-order valence-corrected chi connectivity index (χ0v) is 25.8. The summed E-state index contributed by atoms with van der Waals surface area (Å²) >= 11 is 12.4. The minimum atomic E-state index is -3.56. The van der Waals surface area contributed by atoms with Crippen LogP contribution in [0.2, 0.25) is 10.0 Å². The molecule has 10 heteroatoms. The molecule has 3 aromatic carbocycles. The van der Waals surface area contributed by atoms with Crippen molar-refractivity contribution < 1.29 is 18.0 Å². The molecule has 0 fully saturated rings. The molecule has 3 aromatic rings. The lowest BCUT2D eigenvalue weighted by molar-refractivity contribution is -0.141. The van der Waals surface area contributed by atoms with E-state index >= 15 is 0 Å². The maximum atomic E-state index is 13.9. The molecular weight excluding hydrogens is 581 g/mol. The smallest absolute Gasteiger partial charge is 0.243 e. The first-order valence-electron chi connectivity index (χ1n) is 13.7. The fourth-order valence-electron chi connectivity index (χ4n) is 4.49. The van der Waals surface area contributed by atoms with Gasteiger partial charge in [-0.05, 0) is 48.2 Å². The summed E-state index contributed by atoms with van der Waals surface area (Å²) in [7, 11) is -3.56. The van der Waals surface area contributed by atoms with Crippen LogP contribution in [0.4, 0.5) is 5.69 Å². The van der Waals surface area contributed by atoms with E-state index in [0.29, 0.717) is 28.7 Å². The van der Waals surface area contributed by atoms with Crippen molar-refractivity contribution in [2.24, 2.45) is 0 Å². The third-order valence-corrected chi connectivity index (χ3v) is 8.57. The summed E-state index contributed by atoms with van der Waals surface area (Å²) in [5.74, 6) is -0.498. The van der Waals surface area contributed by atoms with Crippen molar-refractivity contribution in [1.82, 2.24) is 10.2 Å². The molecule has 0 unspecified atom stereocenters. The predicted octanol–water partition coefficient (Wildman–Crippen LogP) is 6.10. The highest BCUT2D eigenvalue weighted by molar-refractivity contribution is 7.92. The molecule has 0 aliphatic rings. The van der Waals surface area contributed by atoms with Gasteiger partial charge in [-0.2, -0.15) is 0 Å². The molecule has 0 bridgehead atoms. The quantitative estimate of drug-likeness (QED) is 0.209. The van der Waals surface area contributed by atoms with E-state index in [0.717, 1.165) is 30.2 Å². The van der Waals surface area contributed by atoms with Gasteiger partial charge in [0.15, 0.2) is 0 Å². The average Bonchev–Trinajstić information content (AvgIpc) is 2.95. The second kappa shape index (κ2) is 15.8. The second-order valence-corrected chi connectivity index (χ2v) is 12.6. The Morgan fingerprint density at radius 3 is 2.15 bits per heavy atom. The summed E-state index contributed by atoms with van der Waals surface area (Å²) < 4.78 is 26.3. The van der Waals surface area contributed by atoms with Crippen LogP contribution in [0, 0.1) is 0 Å². The van der Waals surface area contributed by atoms with Gasteiger partial charge in [0.05, 0.1) is 22.0 Å². The molecule has 0 aromatic heterocycles. The van der Waals surface area contributed by atoms with Crippen LogP contribution in [-0.4, -0.2) is 50.5 Å². The Morgan fingerprint density at radius 2 is 1.54 bits per heavy atom. The maximum Gasteiger partial charge on any atom is 0.243 e. The number of hydrogen-bond acceptors (Lipinski definition) is 4. The highest BCUT2D eigenvalue weighted by Gasteiger charge is 2.30.